The summed E-state index contributed by atoms with van der Waals surface area (Å²) in [6.45, 7) is -0.170. The van der Waals surface area contributed by atoms with Crippen molar-refractivity contribution in [3.8, 4) is 11.1 Å². The van der Waals surface area contributed by atoms with Gasteiger partial charge in [0.15, 0.2) is 0 Å². The molecule has 0 unspecified atom stereocenters. The Balaban J connectivity index is 1.68. The van der Waals surface area contributed by atoms with Crippen LogP contribution < -0.4 is 5.32 Å². The Labute approximate surface area is 190 Å². The van der Waals surface area contributed by atoms with E-state index >= 15 is 0 Å². The second-order valence-corrected chi connectivity index (χ2v) is 7.85. The Morgan fingerprint density at radius 2 is 1.58 bits per heavy atom. The third-order valence-corrected chi connectivity index (χ3v) is 5.23. The number of hydrogen-bond acceptors (Lipinski definition) is 5. The van der Waals surface area contributed by atoms with Crippen molar-refractivity contribution in [2.24, 2.45) is 0 Å². The quantitative estimate of drug-likeness (QED) is 0.551. The van der Waals surface area contributed by atoms with Gasteiger partial charge in [0.1, 0.15) is 17.9 Å². The summed E-state index contributed by atoms with van der Waals surface area (Å²) in [4.78, 5) is 50.5. The molecule has 1 aliphatic rings. The van der Waals surface area contributed by atoms with Crippen LogP contribution in [-0.2, 0) is 20.9 Å². The standard InChI is InChI=1S/C24H25N3O6/c1-26(2)23(32)18-9-7-17(8-10-18)16-5-3-15(4-6-16)14-27-12-11-19(28)21(24(27)33)22(31)25-13-20(29)30/h3-10,28H,11-14H2,1-2H3,(H,25,31)(H,29,30). The van der Waals surface area contributed by atoms with E-state index in [2.05, 4.69) is 5.32 Å². The highest BCUT2D eigenvalue weighted by Crippen LogP contribution is 2.23. The lowest BCUT2D eigenvalue weighted by atomic mass is 10.0. The second-order valence-electron chi connectivity index (χ2n) is 7.85. The molecule has 0 aromatic heterocycles. The molecule has 0 saturated heterocycles. The zero-order valence-corrected chi connectivity index (χ0v) is 18.4. The number of nitrogens with zero attached hydrogens (tertiary/aromatic N) is 2. The largest absolute Gasteiger partial charge is 0.511 e. The first kappa shape index (κ1) is 23.5. The van der Waals surface area contributed by atoms with Gasteiger partial charge >= 0.3 is 5.97 Å². The normalized spacial score (nSPS) is 13.6. The van der Waals surface area contributed by atoms with Crippen LogP contribution in [0.1, 0.15) is 22.3 Å². The molecule has 2 aromatic carbocycles. The summed E-state index contributed by atoms with van der Waals surface area (Å²) in [6.07, 6.45) is 0.109. The molecule has 0 spiro atoms. The van der Waals surface area contributed by atoms with E-state index in [0.717, 1.165) is 16.7 Å². The van der Waals surface area contributed by atoms with Crippen molar-refractivity contribution in [2.75, 3.05) is 27.2 Å². The molecule has 9 heteroatoms. The van der Waals surface area contributed by atoms with Gasteiger partial charge in [-0.15, -0.1) is 0 Å². The van der Waals surface area contributed by atoms with E-state index < -0.39 is 29.9 Å². The number of carboxylic acids is 1. The number of aliphatic hydroxyl groups excluding tert-OH is 1. The van der Waals surface area contributed by atoms with Crippen molar-refractivity contribution < 1.29 is 29.4 Å². The van der Waals surface area contributed by atoms with Crippen LogP contribution in [0, 0.1) is 0 Å². The van der Waals surface area contributed by atoms with Crippen LogP contribution in [0.4, 0.5) is 0 Å². The summed E-state index contributed by atoms with van der Waals surface area (Å²) in [5, 5.41) is 20.8. The molecule has 0 aliphatic carbocycles. The lowest BCUT2D eigenvalue weighted by Gasteiger charge is -2.28. The summed E-state index contributed by atoms with van der Waals surface area (Å²) in [5.74, 6) is -3.21. The number of amides is 3. The van der Waals surface area contributed by atoms with Crippen molar-refractivity contribution in [3.05, 3.63) is 71.0 Å². The molecule has 1 heterocycles. The lowest BCUT2D eigenvalue weighted by Crippen LogP contribution is -2.43. The van der Waals surface area contributed by atoms with Crippen molar-refractivity contribution >= 4 is 23.7 Å². The van der Waals surface area contributed by atoms with Gasteiger partial charge in [-0.3, -0.25) is 19.2 Å². The first-order valence-corrected chi connectivity index (χ1v) is 10.3. The molecule has 3 amide bonds. The van der Waals surface area contributed by atoms with E-state index in [0.29, 0.717) is 5.56 Å². The smallest absolute Gasteiger partial charge is 0.322 e. The average Bonchev–Trinajstić information content (AvgIpc) is 2.79. The average molecular weight is 451 g/mol. The van der Waals surface area contributed by atoms with Crippen LogP contribution in [0.3, 0.4) is 0 Å². The van der Waals surface area contributed by atoms with E-state index in [1.54, 1.807) is 26.2 Å². The van der Waals surface area contributed by atoms with Gasteiger partial charge in [0.25, 0.3) is 17.7 Å². The molecule has 0 bridgehead atoms. The Bertz CT molecular complexity index is 1100. The van der Waals surface area contributed by atoms with E-state index in [4.69, 9.17) is 5.11 Å². The van der Waals surface area contributed by atoms with Crippen LogP contribution in [-0.4, -0.2) is 70.9 Å². The maximum Gasteiger partial charge on any atom is 0.322 e. The van der Waals surface area contributed by atoms with E-state index in [9.17, 15) is 24.3 Å². The highest BCUT2D eigenvalue weighted by atomic mass is 16.4. The highest BCUT2D eigenvalue weighted by molar-refractivity contribution is 6.19. The Hall–Kier alpha value is -4.14. The number of carboxylic acid groups (broad SMARTS) is 1. The van der Waals surface area contributed by atoms with Crippen LogP contribution in [0.5, 0.6) is 0 Å². The molecule has 0 atom stereocenters. The van der Waals surface area contributed by atoms with Crippen molar-refractivity contribution in [3.63, 3.8) is 0 Å². The number of carbonyl (C=O) groups is 4. The lowest BCUT2D eigenvalue weighted by molar-refractivity contribution is -0.138. The Morgan fingerprint density at radius 3 is 2.12 bits per heavy atom. The zero-order chi connectivity index (χ0) is 24.1. The predicted octanol–water partition coefficient (Wildman–Crippen LogP) is 1.80. The maximum atomic E-state index is 12.7. The molecule has 2 aromatic rings. The highest BCUT2D eigenvalue weighted by Gasteiger charge is 2.32. The van der Waals surface area contributed by atoms with Crippen molar-refractivity contribution in [2.45, 2.75) is 13.0 Å². The SMILES string of the molecule is CN(C)C(=O)c1ccc(-c2ccc(CN3CCC(O)=C(C(=O)NCC(=O)O)C3=O)cc2)cc1. The summed E-state index contributed by atoms with van der Waals surface area (Å²) in [5.41, 5.74) is 2.89. The van der Waals surface area contributed by atoms with Gasteiger partial charge in [-0.25, -0.2) is 0 Å². The van der Waals surface area contributed by atoms with Crippen molar-refractivity contribution in [1.29, 1.82) is 0 Å². The number of benzene rings is 2. The molecule has 0 saturated carbocycles. The molecule has 3 rings (SSSR count). The summed E-state index contributed by atoms with van der Waals surface area (Å²) in [7, 11) is 3.40. The van der Waals surface area contributed by atoms with Gasteiger partial charge in [0.05, 0.1) is 0 Å². The van der Waals surface area contributed by atoms with Gasteiger partial charge in [-0.1, -0.05) is 36.4 Å². The predicted molar refractivity (Wildman–Crippen MR) is 120 cm³/mol. The van der Waals surface area contributed by atoms with Gasteiger partial charge in [-0.05, 0) is 28.8 Å². The minimum atomic E-state index is -1.25. The Morgan fingerprint density at radius 1 is 1.00 bits per heavy atom. The van der Waals surface area contributed by atoms with Crippen LogP contribution >= 0.6 is 0 Å². The number of carbonyl (C=O) groups excluding carboxylic acids is 3. The number of aliphatic carboxylic acids is 1. The topological polar surface area (TPSA) is 127 Å². The molecule has 0 fully saturated rings. The summed E-state index contributed by atoms with van der Waals surface area (Å²) >= 11 is 0. The van der Waals surface area contributed by atoms with Gasteiger partial charge in [0.2, 0.25) is 0 Å². The molecule has 3 N–H and O–H groups in total. The van der Waals surface area contributed by atoms with Gasteiger partial charge < -0.3 is 25.3 Å². The summed E-state index contributed by atoms with van der Waals surface area (Å²) < 4.78 is 0. The molecule has 33 heavy (non-hydrogen) atoms. The number of aliphatic hydroxyl groups is 1. The van der Waals surface area contributed by atoms with E-state index in [-0.39, 0.29) is 31.2 Å². The molecule has 0 radical (unpaired) electrons. The maximum absolute atomic E-state index is 12.7. The van der Waals surface area contributed by atoms with E-state index in [1.807, 2.05) is 36.4 Å². The van der Waals surface area contributed by atoms with Crippen LogP contribution in [0.25, 0.3) is 11.1 Å². The Kier molecular flexibility index (Phi) is 7.12. The van der Waals surface area contributed by atoms with Gasteiger partial charge in [-0.2, -0.15) is 0 Å². The van der Waals surface area contributed by atoms with Crippen LogP contribution in [0.2, 0.25) is 0 Å². The third-order valence-electron chi connectivity index (χ3n) is 5.23. The first-order valence-electron chi connectivity index (χ1n) is 10.3. The monoisotopic (exact) mass is 451 g/mol. The third kappa shape index (κ3) is 5.57. The minimum Gasteiger partial charge on any atom is -0.511 e. The van der Waals surface area contributed by atoms with Crippen molar-refractivity contribution in [1.82, 2.24) is 15.1 Å². The zero-order valence-electron chi connectivity index (χ0n) is 18.4. The molecular formula is C24H25N3O6. The molecule has 1 aliphatic heterocycles. The fraction of sp³-hybridized carbons (Fsp3) is 0.250. The number of hydrogen-bond donors (Lipinski definition) is 3. The second kappa shape index (κ2) is 9.99. The number of rotatable bonds is 7. The molecular weight excluding hydrogens is 426 g/mol. The fourth-order valence-electron chi connectivity index (χ4n) is 3.46. The summed E-state index contributed by atoms with van der Waals surface area (Å²) in [6, 6.07) is 14.8. The fourth-order valence-corrected chi connectivity index (χ4v) is 3.46. The van der Waals surface area contributed by atoms with Gasteiger partial charge in [0, 0.05) is 39.2 Å². The van der Waals surface area contributed by atoms with Crippen LogP contribution in [0.15, 0.2) is 59.9 Å². The van der Waals surface area contributed by atoms with E-state index in [1.165, 1.54) is 9.80 Å². The first-order chi connectivity index (χ1) is 15.7. The number of nitrogens with one attached hydrogen (secondary N) is 1. The molecule has 9 nitrogen and oxygen atoms in total. The molecule has 172 valence electrons. The minimum absolute atomic E-state index is 0.0702.